The number of hydrogen-bond donors (Lipinski definition) is 0. The maximum atomic E-state index is 12.6. The molecule has 1 aromatic rings. The van der Waals surface area contributed by atoms with E-state index in [1.165, 1.54) is 6.20 Å². The molecule has 0 N–H and O–H groups in total. The first kappa shape index (κ1) is 11.8. The van der Waals surface area contributed by atoms with Gasteiger partial charge in [-0.3, -0.25) is 4.98 Å². The lowest BCUT2D eigenvalue weighted by molar-refractivity contribution is -0.137. The Kier molecular flexibility index (Phi) is 3.17. The number of aromatic nitrogens is 1. The van der Waals surface area contributed by atoms with Crippen LogP contribution in [0.2, 0.25) is 0 Å². The van der Waals surface area contributed by atoms with Crippen molar-refractivity contribution >= 4 is 5.57 Å². The molecule has 0 saturated heterocycles. The van der Waals surface area contributed by atoms with Crippen molar-refractivity contribution < 1.29 is 13.2 Å². The highest BCUT2D eigenvalue weighted by Gasteiger charge is 2.33. The van der Waals surface area contributed by atoms with Crippen molar-refractivity contribution in [2.45, 2.75) is 26.9 Å². The molecule has 1 rings (SSSR count). The Morgan fingerprint density at radius 2 is 1.80 bits per heavy atom. The van der Waals surface area contributed by atoms with Gasteiger partial charge < -0.3 is 0 Å². The maximum absolute atomic E-state index is 12.6. The van der Waals surface area contributed by atoms with Crippen molar-refractivity contribution in [3.8, 4) is 0 Å². The van der Waals surface area contributed by atoms with Crippen LogP contribution >= 0.6 is 0 Å². The Morgan fingerprint density at radius 1 is 1.20 bits per heavy atom. The standard InChI is InChI=1S/C11H12F3N/c1-7(2)8(3)9-6-15-5-4-10(9)11(12,13)14/h4-6H,1-3H3. The van der Waals surface area contributed by atoms with Gasteiger partial charge in [0.15, 0.2) is 0 Å². The number of allylic oxidation sites excluding steroid dienone is 2. The average Bonchev–Trinajstić information content (AvgIpc) is 2.15. The minimum Gasteiger partial charge on any atom is -0.264 e. The van der Waals surface area contributed by atoms with E-state index < -0.39 is 11.7 Å². The molecular weight excluding hydrogens is 203 g/mol. The minimum atomic E-state index is -4.32. The molecule has 0 spiro atoms. The Balaban J connectivity index is 3.38. The summed E-state index contributed by atoms with van der Waals surface area (Å²) >= 11 is 0. The summed E-state index contributed by atoms with van der Waals surface area (Å²) in [5.74, 6) is 0. The van der Waals surface area contributed by atoms with Gasteiger partial charge in [-0.25, -0.2) is 0 Å². The SMILES string of the molecule is CC(C)=C(C)c1cnccc1C(F)(F)F. The molecule has 0 radical (unpaired) electrons. The third-order valence-electron chi connectivity index (χ3n) is 2.28. The number of alkyl halides is 3. The van der Waals surface area contributed by atoms with Gasteiger partial charge in [0.05, 0.1) is 5.56 Å². The second-order valence-corrected chi connectivity index (χ2v) is 3.54. The zero-order valence-electron chi connectivity index (χ0n) is 8.81. The molecule has 0 aliphatic carbocycles. The highest BCUT2D eigenvalue weighted by atomic mass is 19.4. The highest BCUT2D eigenvalue weighted by molar-refractivity contribution is 5.68. The van der Waals surface area contributed by atoms with E-state index in [9.17, 15) is 13.2 Å². The number of rotatable bonds is 1. The Bertz CT molecular complexity index is 387. The van der Waals surface area contributed by atoms with Gasteiger partial charge in [0.25, 0.3) is 0 Å². The van der Waals surface area contributed by atoms with E-state index in [2.05, 4.69) is 4.98 Å². The molecule has 0 amide bonds. The first-order valence-corrected chi connectivity index (χ1v) is 4.49. The molecule has 1 aromatic heterocycles. The van der Waals surface area contributed by atoms with Gasteiger partial charge in [-0.2, -0.15) is 13.2 Å². The van der Waals surface area contributed by atoms with Crippen molar-refractivity contribution in [3.05, 3.63) is 35.2 Å². The molecule has 4 heteroatoms. The molecule has 0 aliphatic rings. The molecule has 0 atom stereocenters. The van der Waals surface area contributed by atoms with Crippen molar-refractivity contribution in [1.29, 1.82) is 0 Å². The predicted molar refractivity (Wildman–Crippen MR) is 53.2 cm³/mol. The Morgan fingerprint density at radius 3 is 2.27 bits per heavy atom. The fourth-order valence-corrected chi connectivity index (χ4v) is 1.21. The molecule has 0 fully saturated rings. The molecule has 0 unspecified atom stereocenters. The zero-order chi connectivity index (χ0) is 11.6. The van der Waals surface area contributed by atoms with Crippen LogP contribution in [-0.4, -0.2) is 4.98 Å². The second kappa shape index (κ2) is 4.04. The van der Waals surface area contributed by atoms with E-state index in [0.717, 1.165) is 17.8 Å². The predicted octanol–water partition coefficient (Wildman–Crippen LogP) is 3.91. The molecule has 15 heavy (non-hydrogen) atoms. The van der Waals surface area contributed by atoms with Gasteiger partial charge in [-0.15, -0.1) is 0 Å². The Labute approximate surface area is 86.6 Å². The number of hydrogen-bond acceptors (Lipinski definition) is 1. The van der Waals surface area contributed by atoms with E-state index in [4.69, 9.17) is 0 Å². The van der Waals surface area contributed by atoms with Crippen LogP contribution in [-0.2, 0) is 6.18 Å². The highest BCUT2D eigenvalue weighted by Crippen LogP contribution is 2.34. The second-order valence-electron chi connectivity index (χ2n) is 3.54. The van der Waals surface area contributed by atoms with Crippen LogP contribution in [0.4, 0.5) is 13.2 Å². The molecule has 0 saturated carbocycles. The topological polar surface area (TPSA) is 12.9 Å². The van der Waals surface area contributed by atoms with Crippen LogP contribution in [0.5, 0.6) is 0 Å². The van der Waals surface area contributed by atoms with Crippen molar-refractivity contribution in [2.75, 3.05) is 0 Å². The van der Waals surface area contributed by atoms with Crippen molar-refractivity contribution in [2.24, 2.45) is 0 Å². The summed E-state index contributed by atoms with van der Waals surface area (Å²) in [4.78, 5) is 3.73. The fraction of sp³-hybridized carbons (Fsp3) is 0.364. The summed E-state index contributed by atoms with van der Waals surface area (Å²) in [6.45, 7) is 5.23. The summed E-state index contributed by atoms with van der Waals surface area (Å²) in [5.41, 5.74) is 1.00. The van der Waals surface area contributed by atoms with E-state index >= 15 is 0 Å². The number of halogens is 3. The fourth-order valence-electron chi connectivity index (χ4n) is 1.21. The number of pyridine rings is 1. The quantitative estimate of drug-likeness (QED) is 0.692. The first-order valence-electron chi connectivity index (χ1n) is 4.49. The van der Waals surface area contributed by atoms with Crippen LogP contribution < -0.4 is 0 Å². The lowest BCUT2D eigenvalue weighted by atomic mass is 10.00. The van der Waals surface area contributed by atoms with E-state index in [0.29, 0.717) is 5.57 Å². The summed E-state index contributed by atoms with van der Waals surface area (Å²) in [6, 6.07) is 1.00. The Hall–Kier alpha value is -1.32. The van der Waals surface area contributed by atoms with E-state index in [1.807, 2.05) is 0 Å². The van der Waals surface area contributed by atoms with Gasteiger partial charge in [-0.05, 0) is 32.4 Å². The van der Waals surface area contributed by atoms with Crippen LogP contribution in [0.1, 0.15) is 31.9 Å². The summed E-state index contributed by atoms with van der Waals surface area (Å²) in [5, 5.41) is 0. The molecule has 0 bridgehead atoms. The molecular formula is C11H12F3N. The molecule has 1 heterocycles. The summed E-state index contributed by atoms with van der Waals surface area (Å²) in [6.07, 6.45) is -1.91. The van der Waals surface area contributed by atoms with E-state index in [1.54, 1.807) is 20.8 Å². The van der Waals surface area contributed by atoms with Gasteiger partial charge >= 0.3 is 6.18 Å². The molecule has 1 nitrogen and oxygen atoms in total. The van der Waals surface area contributed by atoms with Crippen LogP contribution in [0.25, 0.3) is 5.57 Å². The normalized spacial score (nSPS) is 11.3. The molecule has 82 valence electrons. The smallest absolute Gasteiger partial charge is 0.264 e. The van der Waals surface area contributed by atoms with Gasteiger partial charge in [0.1, 0.15) is 0 Å². The number of nitrogens with zero attached hydrogens (tertiary/aromatic N) is 1. The average molecular weight is 215 g/mol. The molecule has 0 aliphatic heterocycles. The summed E-state index contributed by atoms with van der Waals surface area (Å²) in [7, 11) is 0. The maximum Gasteiger partial charge on any atom is 0.417 e. The monoisotopic (exact) mass is 215 g/mol. The summed E-state index contributed by atoms with van der Waals surface area (Å²) < 4.78 is 37.9. The lowest BCUT2D eigenvalue weighted by Gasteiger charge is -2.13. The van der Waals surface area contributed by atoms with Gasteiger partial charge in [0, 0.05) is 18.0 Å². The third kappa shape index (κ3) is 2.58. The zero-order valence-corrected chi connectivity index (χ0v) is 8.81. The minimum absolute atomic E-state index is 0.157. The largest absolute Gasteiger partial charge is 0.417 e. The van der Waals surface area contributed by atoms with Crippen LogP contribution in [0.15, 0.2) is 24.0 Å². The van der Waals surface area contributed by atoms with Crippen molar-refractivity contribution in [3.63, 3.8) is 0 Å². The van der Waals surface area contributed by atoms with Crippen LogP contribution in [0.3, 0.4) is 0 Å². The van der Waals surface area contributed by atoms with Gasteiger partial charge in [0.2, 0.25) is 0 Å². The van der Waals surface area contributed by atoms with E-state index in [-0.39, 0.29) is 5.56 Å². The third-order valence-corrected chi connectivity index (χ3v) is 2.28. The first-order chi connectivity index (χ1) is 6.84. The van der Waals surface area contributed by atoms with Gasteiger partial charge in [-0.1, -0.05) is 5.57 Å². The van der Waals surface area contributed by atoms with Crippen LogP contribution in [0, 0.1) is 0 Å². The lowest BCUT2D eigenvalue weighted by Crippen LogP contribution is -2.08. The molecule has 0 aromatic carbocycles. The van der Waals surface area contributed by atoms with Crippen molar-refractivity contribution in [1.82, 2.24) is 4.98 Å².